The number of benzene rings is 1. The number of hydrogen-bond acceptors (Lipinski definition) is 5. The fourth-order valence-corrected chi connectivity index (χ4v) is 4.92. The average Bonchev–Trinajstić information content (AvgIpc) is 3.35. The number of nitrogens with zero attached hydrogens (tertiary/aromatic N) is 6. The van der Waals surface area contributed by atoms with Crippen molar-refractivity contribution < 1.29 is 22.7 Å². The van der Waals surface area contributed by atoms with Gasteiger partial charge in [-0.15, -0.1) is 0 Å². The number of pyridine rings is 1. The topological polar surface area (TPSA) is 94.0 Å². The molecule has 9 nitrogen and oxygen atoms in total. The molecular weight excluding hydrogens is 511 g/mol. The van der Waals surface area contributed by atoms with Crippen LogP contribution in [0.5, 0.6) is 5.75 Å². The summed E-state index contributed by atoms with van der Waals surface area (Å²) in [5, 5.41) is 11.9. The molecular formula is C27H28F3N7O2. The molecule has 1 aliphatic rings. The molecule has 0 radical (unpaired) electrons. The van der Waals surface area contributed by atoms with Gasteiger partial charge in [0.1, 0.15) is 12.4 Å². The lowest BCUT2D eigenvalue weighted by Gasteiger charge is -2.20. The molecule has 0 spiro atoms. The Morgan fingerprint density at radius 3 is 2.44 bits per heavy atom. The van der Waals surface area contributed by atoms with Gasteiger partial charge in [0.2, 0.25) is 5.62 Å². The first kappa shape index (κ1) is 26.3. The number of carbonyl (C=O) groups is 1. The van der Waals surface area contributed by atoms with Gasteiger partial charge in [0.25, 0.3) is 5.91 Å². The van der Waals surface area contributed by atoms with E-state index in [0.29, 0.717) is 11.3 Å². The normalized spacial score (nSPS) is 13.8. The third kappa shape index (κ3) is 5.18. The second-order valence-corrected chi connectivity index (χ2v) is 9.80. The predicted octanol–water partition coefficient (Wildman–Crippen LogP) is 3.82. The molecule has 204 valence electrons. The van der Waals surface area contributed by atoms with Gasteiger partial charge in [-0.2, -0.15) is 18.3 Å². The van der Waals surface area contributed by atoms with Gasteiger partial charge in [-0.25, -0.2) is 0 Å². The monoisotopic (exact) mass is 539 g/mol. The van der Waals surface area contributed by atoms with Crippen molar-refractivity contribution in [1.82, 2.24) is 28.8 Å². The first-order valence-electron chi connectivity index (χ1n) is 12.3. The molecule has 3 aromatic heterocycles. The van der Waals surface area contributed by atoms with Crippen LogP contribution in [0.4, 0.5) is 13.2 Å². The predicted molar refractivity (Wildman–Crippen MR) is 136 cm³/mol. The number of aryl methyl sites for hydroxylation is 4. The number of nitrogens with one attached hydrogen (secondary N) is 1. The van der Waals surface area contributed by atoms with E-state index in [2.05, 4.69) is 10.1 Å². The van der Waals surface area contributed by atoms with Crippen LogP contribution in [0.2, 0.25) is 0 Å². The van der Waals surface area contributed by atoms with Crippen LogP contribution < -0.4 is 10.4 Å². The van der Waals surface area contributed by atoms with E-state index in [9.17, 15) is 18.0 Å². The average molecular weight is 540 g/mol. The van der Waals surface area contributed by atoms with Gasteiger partial charge in [0, 0.05) is 49.5 Å². The molecule has 39 heavy (non-hydrogen) atoms. The van der Waals surface area contributed by atoms with Gasteiger partial charge in [0.05, 0.1) is 30.9 Å². The summed E-state index contributed by atoms with van der Waals surface area (Å²) in [6, 6.07) is 7.07. The summed E-state index contributed by atoms with van der Waals surface area (Å²) in [6.45, 7) is 4.57. The molecule has 1 amide bonds. The molecule has 0 atom stereocenters. The molecule has 0 unspecified atom stereocenters. The maximum Gasteiger partial charge on any atom is 0.435 e. The van der Waals surface area contributed by atoms with E-state index in [1.54, 1.807) is 45.6 Å². The number of halogens is 3. The highest BCUT2D eigenvalue weighted by Gasteiger charge is 2.39. The Balaban J connectivity index is 1.65. The van der Waals surface area contributed by atoms with Crippen molar-refractivity contribution in [2.75, 3.05) is 13.2 Å². The Morgan fingerprint density at radius 2 is 1.77 bits per heavy atom. The first-order chi connectivity index (χ1) is 18.4. The number of imidazole rings is 1. The minimum Gasteiger partial charge on any atom is -0.490 e. The molecule has 0 aliphatic carbocycles. The molecule has 1 aliphatic heterocycles. The minimum atomic E-state index is -4.71. The zero-order chi connectivity index (χ0) is 28.1. The van der Waals surface area contributed by atoms with Gasteiger partial charge < -0.3 is 18.8 Å². The SMILES string of the molecule is Cc1cc(C)nc(CN2CCOc3c(cc(Cn4ccn(C)c4=N)cc3-c3cn(C)nc3C(F)(F)F)C2=O)c1. The van der Waals surface area contributed by atoms with Crippen molar-refractivity contribution in [1.29, 1.82) is 5.41 Å². The van der Waals surface area contributed by atoms with Gasteiger partial charge in [-0.05, 0) is 49.2 Å². The lowest BCUT2D eigenvalue weighted by atomic mass is 9.97. The molecule has 5 rings (SSSR count). The van der Waals surface area contributed by atoms with E-state index < -0.39 is 11.9 Å². The van der Waals surface area contributed by atoms with Crippen LogP contribution in [0.3, 0.4) is 0 Å². The van der Waals surface area contributed by atoms with E-state index in [4.69, 9.17) is 10.1 Å². The number of ether oxygens (including phenoxy) is 1. The van der Waals surface area contributed by atoms with Gasteiger partial charge in [-0.3, -0.25) is 19.9 Å². The van der Waals surface area contributed by atoms with Crippen LogP contribution in [0.1, 0.15) is 38.6 Å². The molecule has 0 saturated heterocycles. The number of fused-ring (bicyclic) bond motifs is 1. The Kier molecular flexibility index (Phi) is 6.57. The van der Waals surface area contributed by atoms with Crippen LogP contribution in [0.25, 0.3) is 11.1 Å². The lowest BCUT2D eigenvalue weighted by Crippen LogP contribution is -2.32. The van der Waals surface area contributed by atoms with E-state index in [1.807, 2.05) is 26.0 Å². The standard InChI is InChI=1S/C27H28F3N7O2/c1-16-9-17(2)32-19(10-16)14-36-7-8-39-23-20(22-15-35(4)33-24(22)27(28,29)30)11-18(12-21(23)25(36)38)13-37-6-5-34(3)26(37)31/h5-6,9-12,15,31H,7-8,13-14H2,1-4H3. The highest BCUT2D eigenvalue weighted by atomic mass is 19.4. The molecule has 4 heterocycles. The number of hydrogen-bond donors (Lipinski definition) is 1. The van der Waals surface area contributed by atoms with Gasteiger partial charge in [-0.1, -0.05) is 0 Å². The highest BCUT2D eigenvalue weighted by Crippen LogP contribution is 2.42. The van der Waals surface area contributed by atoms with Gasteiger partial charge >= 0.3 is 6.18 Å². The summed E-state index contributed by atoms with van der Waals surface area (Å²) in [4.78, 5) is 20.0. The fourth-order valence-electron chi connectivity index (χ4n) is 4.92. The third-order valence-corrected chi connectivity index (χ3v) is 6.59. The molecule has 0 bridgehead atoms. The second kappa shape index (κ2) is 9.75. The van der Waals surface area contributed by atoms with Crippen LogP contribution in [0, 0.1) is 19.3 Å². The molecule has 0 saturated carbocycles. The van der Waals surface area contributed by atoms with Crippen LogP contribution in [-0.4, -0.2) is 47.9 Å². The Labute approximate surface area is 222 Å². The van der Waals surface area contributed by atoms with E-state index in [-0.39, 0.29) is 60.2 Å². The summed E-state index contributed by atoms with van der Waals surface area (Å²) in [5.41, 5.74) is 2.36. The molecule has 1 N–H and O–H groups in total. The van der Waals surface area contributed by atoms with Gasteiger partial charge in [0.15, 0.2) is 5.69 Å². The Hall–Kier alpha value is -4.35. The number of aromatic nitrogens is 5. The maximum atomic E-state index is 14.0. The Bertz CT molecular complexity index is 1610. The third-order valence-electron chi connectivity index (χ3n) is 6.59. The van der Waals surface area contributed by atoms with Crippen molar-refractivity contribution in [3.63, 3.8) is 0 Å². The number of rotatable bonds is 5. The molecule has 4 aromatic rings. The fraction of sp³-hybridized carbons (Fsp3) is 0.333. The minimum absolute atomic E-state index is 0.0855. The van der Waals surface area contributed by atoms with E-state index in [1.165, 1.54) is 13.2 Å². The smallest absolute Gasteiger partial charge is 0.435 e. The largest absolute Gasteiger partial charge is 0.490 e. The Morgan fingerprint density at radius 1 is 1.03 bits per heavy atom. The number of alkyl halides is 3. The first-order valence-corrected chi connectivity index (χ1v) is 12.3. The quantitative estimate of drug-likeness (QED) is 0.417. The van der Waals surface area contributed by atoms with Crippen LogP contribution in [0.15, 0.2) is 42.9 Å². The summed E-state index contributed by atoms with van der Waals surface area (Å²) in [7, 11) is 3.14. The summed E-state index contributed by atoms with van der Waals surface area (Å²) in [6.07, 6.45) is -0.0150. The molecule has 1 aromatic carbocycles. The number of amides is 1. The summed E-state index contributed by atoms with van der Waals surface area (Å²) < 4.78 is 52.3. The summed E-state index contributed by atoms with van der Waals surface area (Å²) in [5.74, 6) is -0.282. The van der Waals surface area contributed by atoms with Crippen molar-refractivity contribution in [2.24, 2.45) is 14.1 Å². The highest BCUT2D eigenvalue weighted by molar-refractivity contribution is 6.00. The van der Waals surface area contributed by atoms with Crippen LogP contribution >= 0.6 is 0 Å². The number of carbonyl (C=O) groups excluding carboxylic acids is 1. The summed E-state index contributed by atoms with van der Waals surface area (Å²) >= 11 is 0. The van der Waals surface area contributed by atoms with Crippen molar-refractivity contribution in [3.05, 3.63) is 82.2 Å². The van der Waals surface area contributed by atoms with E-state index >= 15 is 0 Å². The van der Waals surface area contributed by atoms with Crippen LogP contribution in [-0.2, 0) is 33.4 Å². The zero-order valence-electron chi connectivity index (χ0n) is 22.0. The lowest BCUT2D eigenvalue weighted by molar-refractivity contribution is -0.140. The molecule has 0 fully saturated rings. The van der Waals surface area contributed by atoms with Crippen molar-refractivity contribution in [2.45, 2.75) is 33.1 Å². The van der Waals surface area contributed by atoms with E-state index in [0.717, 1.165) is 15.9 Å². The molecule has 12 heteroatoms. The maximum absolute atomic E-state index is 14.0. The van der Waals surface area contributed by atoms with Crippen molar-refractivity contribution in [3.8, 4) is 16.9 Å². The zero-order valence-corrected chi connectivity index (χ0v) is 22.0. The van der Waals surface area contributed by atoms with Crippen molar-refractivity contribution >= 4 is 5.91 Å². The second-order valence-electron chi connectivity index (χ2n) is 9.80.